The lowest BCUT2D eigenvalue weighted by molar-refractivity contribution is -0.118. The zero-order chi connectivity index (χ0) is 13.9. The van der Waals surface area contributed by atoms with Crippen LogP contribution < -0.4 is 4.74 Å². The average molecular weight is 332 g/mol. The van der Waals surface area contributed by atoms with Gasteiger partial charge in [0.2, 0.25) is 0 Å². The molecule has 0 amide bonds. The maximum Gasteiger partial charge on any atom is 0.137 e. The molecule has 0 spiro atoms. The Morgan fingerprint density at radius 2 is 2.00 bits per heavy atom. The lowest BCUT2D eigenvalue weighted by atomic mass is 9.90. The minimum absolute atomic E-state index is 0.286. The Morgan fingerprint density at radius 3 is 2.80 bits per heavy atom. The zero-order valence-electron chi connectivity index (χ0n) is 10.9. The number of halogens is 1. The predicted octanol–water partition coefficient (Wildman–Crippen LogP) is 3.48. The smallest absolute Gasteiger partial charge is 0.137 e. The number of rotatable bonds is 3. The molecule has 0 bridgehead atoms. The third kappa shape index (κ3) is 2.90. The minimum atomic E-state index is 0.286. The Morgan fingerprint density at radius 1 is 1.20 bits per heavy atom. The number of ether oxygens (including phenoxy) is 1. The summed E-state index contributed by atoms with van der Waals surface area (Å²) in [6.07, 6.45) is 5.41. The third-order valence-electron chi connectivity index (χ3n) is 3.46. The van der Waals surface area contributed by atoms with Crippen LogP contribution in [0.4, 0.5) is 0 Å². The number of nitrogens with zero attached hydrogens (tertiary/aromatic N) is 1. The summed E-state index contributed by atoms with van der Waals surface area (Å²) < 4.78 is 6.91. The Kier molecular flexibility index (Phi) is 3.83. The highest BCUT2D eigenvalue weighted by molar-refractivity contribution is 9.10. The molecule has 0 N–H and O–H groups in total. The van der Waals surface area contributed by atoms with Crippen LogP contribution in [0, 0.1) is 0 Å². The summed E-state index contributed by atoms with van der Waals surface area (Å²) in [4.78, 5) is 15.6. The number of fused-ring (bicyclic) bond motifs is 1. The summed E-state index contributed by atoms with van der Waals surface area (Å²) >= 11 is 3.51. The second kappa shape index (κ2) is 5.75. The van der Waals surface area contributed by atoms with E-state index in [1.165, 1.54) is 5.56 Å². The number of carbonyl (C=O) groups excluding carboxylic acids is 1. The molecule has 1 aromatic carbocycles. The molecular formula is C16H14BrNO2. The fourth-order valence-electron chi connectivity index (χ4n) is 2.42. The van der Waals surface area contributed by atoms with Crippen LogP contribution >= 0.6 is 15.9 Å². The van der Waals surface area contributed by atoms with Gasteiger partial charge in [-0.05, 0) is 41.8 Å². The molecule has 1 aliphatic rings. The molecule has 3 nitrogen and oxygen atoms in total. The maximum atomic E-state index is 11.7. The van der Waals surface area contributed by atoms with Crippen molar-refractivity contribution in [1.82, 2.24) is 4.98 Å². The quantitative estimate of drug-likeness (QED) is 0.864. The van der Waals surface area contributed by atoms with Crippen molar-refractivity contribution in [1.29, 1.82) is 0 Å². The van der Waals surface area contributed by atoms with Gasteiger partial charge in [0.1, 0.15) is 18.1 Å². The molecule has 0 radical (unpaired) electrons. The van der Waals surface area contributed by atoms with Gasteiger partial charge >= 0.3 is 0 Å². The zero-order valence-corrected chi connectivity index (χ0v) is 12.5. The highest BCUT2D eigenvalue weighted by atomic mass is 79.9. The molecule has 102 valence electrons. The summed E-state index contributed by atoms with van der Waals surface area (Å²) in [5.41, 5.74) is 3.32. The molecular weight excluding hydrogens is 318 g/mol. The van der Waals surface area contributed by atoms with E-state index in [9.17, 15) is 4.79 Å². The Bertz CT molecular complexity index is 640. The van der Waals surface area contributed by atoms with E-state index in [1.54, 1.807) is 12.4 Å². The molecule has 2 aromatic rings. The van der Waals surface area contributed by atoms with E-state index in [-0.39, 0.29) is 5.78 Å². The molecule has 3 rings (SSSR count). The van der Waals surface area contributed by atoms with E-state index in [0.717, 1.165) is 27.8 Å². The fourth-order valence-corrected chi connectivity index (χ4v) is 2.90. The molecule has 20 heavy (non-hydrogen) atoms. The van der Waals surface area contributed by atoms with Crippen LogP contribution in [-0.2, 0) is 24.2 Å². The van der Waals surface area contributed by atoms with Crippen molar-refractivity contribution in [3.05, 3.63) is 57.8 Å². The number of benzene rings is 1. The number of hydrogen-bond acceptors (Lipinski definition) is 3. The van der Waals surface area contributed by atoms with Gasteiger partial charge in [-0.25, -0.2) is 0 Å². The van der Waals surface area contributed by atoms with Gasteiger partial charge in [0.15, 0.2) is 0 Å². The maximum absolute atomic E-state index is 11.7. The van der Waals surface area contributed by atoms with Crippen LogP contribution in [-0.4, -0.2) is 10.8 Å². The second-order valence-electron chi connectivity index (χ2n) is 4.90. The lowest BCUT2D eigenvalue weighted by Crippen LogP contribution is -2.15. The van der Waals surface area contributed by atoms with Crippen molar-refractivity contribution < 1.29 is 9.53 Å². The van der Waals surface area contributed by atoms with Gasteiger partial charge in [-0.15, -0.1) is 0 Å². The van der Waals surface area contributed by atoms with Gasteiger partial charge in [0.05, 0.1) is 0 Å². The number of hydrogen-bond donors (Lipinski definition) is 0. The fraction of sp³-hybridized carbons (Fsp3) is 0.250. The van der Waals surface area contributed by atoms with E-state index in [0.29, 0.717) is 19.4 Å². The number of aryl methyl sites for hydroxylation is 1. The average Bonchev–Trinajstić information content (AvgIpc) is 2.46. The largest absolute Gasteiger partial charge is 0.489 e. The summed E-state index contributed by atoms with van der Waals surface area (Å²) in [7, 11) is 0. The molecule has 1 heterocycles. The summed E-state index contributed by atoms with van der Waals surface area (Å²) in [5.74, 6) is 1.09. The molecule has 1 aromatic heterocycles. The number of Topliss-reactive ketones (excluding diaryl/α,β-unsaturated/α-hetero) is 1. The summed E-state index contributed by atoms with van der Waals surface area (Å²) in [6.45, 7) is 0.486. The van der Waals surface area contributed by atoms with Gasteiger partial charge in [0.25, 0.3) is 0 Å². The van der Waals surface area contributed by atoms with Gasteiger partial charge in [-0.1, -0.05) is 15.9 Å². The number of aromatic nitrogens is 1. The first-order valence-electron chi connectivity index (χ1n) is 6.57. The Hall–Kier alpha value is -1.68. The van der Waals surface area contributed by atoms with Crippen molar-refractivity contribution in [3.8, 4) is 5.75 Å². The Balaban J connectivity index is 1.85. The van der Waals surface area contributed by atoms with Crippen LogP contribution in [0.5, 0.6) is 5.75 Å². The van der Waals surface area contributed by atoms with E-state index in [1.807, 2.05) is 18.2 Å². The molecule has 0 fully saturated rings. The molecule has 4 heteroatoms. The first kappa shape index (κ1) is 13.3. The van der Waals surface area contributed by atoms with E-state index in [2.05, 4.69) is 27.0 Å². The highest BCUT2D eigenvalue weighted by Crippen LogP contribution is 2.32. The minimum Gasteiger partial charge on any atom is -0.489 e. The number of pyridine rings is 1. The molecule has 0 saturated heterocycles. The van der Waals surface area contributed by atoms with E-state index >= 15 is 0 Å². The van der Waals surface area contributed by atoms with Crippen LogP contribution in [0.3, 0.4) is 0 Å². The summed E-state index contributed by atoms with van der Waals surface area (Å²) in [5, 5.41) is 0. The molecule has 0 atom stereocenters. The molecule has 0 aliphatic heterocycles. The topological polar surface area (TPSA) is 39.2 Å². The summed E-state index contributed by atoms with van der Waals surface area (Å²) in [6, 6.07) is 7.88. The van der Waals surface area contributed by atoms with Gasteiger partial charge in [-0.2, -0.15) is 0 Å². The third-order valence-corrected chi connectivity index (χ3v) is 3.91. The van der Waals surface area contributed by atoms with E-state index < -0.39 is 0 Å². The van der Waals surface area contributed by atoms with E-state index in [4.69, 9.17) is 4.74 Å². The van der Waals surface area contributed by atoms with Crippen molar-refractivity contribution in [2.45, 2.75) is 25.9 Å². The number of carbonyl (C=O) groups is 1. The van der Waals surface area contributed by atoms with Gasteiger partial charge < -0.3 is 4.74 Å². The standard InChI is InChI=1S/C16H14BrNO2/c17-13-7-12-1-2-14(19)9-15(12)16(8-13)20-10-11-3-5-18-6-4-11/h3-8H,1-2,9-10H2. The molecule has 1 aliphatic carbocycles. The van der Waals surface area contributed by atoms with Crippen molar-refractivity contribution in [3.63, 3.8) is 0 Å². The highest BCUT2D eigenvalue weighted by Gasteiger charge is 2.20. The SMILES string of the molecule is O=C1CCc2cc(Br)cc(OCc3ccncc3)c2C1. The van der Waals surface area contributed by atoms with Gasteiger partial charge in [0, 0.05) is 35.3 Å². The van der Waals surface area contributed by atoms with Crippen LogP contribution in [0.2, 0.25) is 0 Å². The van der Waals surface area contributed by atoms with Crippen LogP contribution in [0.25, 0.3) is 0 Å². The Labute approximate surface area is 126 Å². The number of ketones is 1. The van der Waals surface area contributed by atoms with Crippen LogP contribution in [0.15, 0.2) is 41.1 Å². The monoisotopic (exact) mass is 331 g/mol. The molecule has 0 unspecified atom stereocenters. The first-order chi connectivity index (χ1) is 9.72. The van der Waals surface area contributed by atoms with Crippen molar-refractivity contribution in [2.75, 3.05) is 0 Å². The normalized spacial score (nSPS) is 13.9. The first-order valence-corrected chi connectivity index (χ1v) is 7.36. The van der Waals surface area contributed by atoms with Crippen molar-refractivity contribution in [2.24, 2.45) is 0 Å². The van der Waals surface area contributed by atoms with Crippen LogP contribution in [0.1, 0.15) is 23.1 Å². The molecule has 0 saturated carbocycles. The van der Waals surface area contributed by atoms with Gasteiger partial charge in [-0.3, -0.25) is 9.78 Å². The lowest BCUT2D eigenvalue weighted by Gasteiger charge is -2.19. The van der Waals surface area contributed by atoms with Crippen molar-refractivity contribution >= 4 is 21.7 Å². The second-order valence-corrected chi connectivity index (χ2v) is 5.82. The predicted molar refractivity (Wildman–Crippen MR) is 79.7 cm³/mol.